The molecule has 1 aliphatic rings. The van der Waals surface area contributed by atoms with Crippen molar-refractivity contribution in [3.05, 3.63) is 24.3 Å². The summed E-state index contributed by atoms with van der Waals surface area (Å²) in [7, 11) is -3.58. The largest absolute Gasteiger partial charge is 0.326 e. The van der Waals surface area contributed by atoms with Gasteiger partial charge in [0.1, 0.15) is 0 Å². The third kappa shape index (κ3) is 4.26. The molecule has 0 heterocycles. The average molecular weight is 311 g/mol. The second-order valence-corrected chi connectivity index (χ2v) is 7.10. The molecule has 1 aromatic carbocycles. The number of sulfonamides is 1. The number of hydrogen-bond acceptors (Lipinski definition) is 4. The van der Waals surface area contributed by atoms with E-state index >= 15 is 0 Å². The van der Waals surface area contributed by atoms with Gasteiger partial charge >= 0.3 is 0 Å². The minimum Gasteiger partial charge on any atom is -0.326 e. The lowest BCUT2D eigenvalue weighted by Gasteiger charge is -2.29. The van der Waals surface area contributed by atoms with Crippen LogP contribution in [0, 0.1) is 0 Å². The van der Waals surface area contributed by atoms with Crippen LogP contribution in [0.1, 0.15) is 32.6 Å². The van der Waals surface area contributed by atoms with Gasteiger partial charge in [-0.1, -0.05) is 12.8 Å². The van der Waals surface area contributed by atoms with Gasteiger partial charge in [-0.2, -0.15) is 0 Å². The molecule has 0 bridgehead atoms. The van der Waals surface area contributed by atoms with Crippen LogP contribution in [0.15, 0.2) is 29.2 Å². The van der Waals surface area contributed by atoms with E-state index in [1.165, 1.54) is 19.1 Å². The van der Waals surface area contributed by atoms with Gasteiger partial charge in [0, 0.05) is 24.7 Å². The van der Waals surface area contributed by atoms with Gasteiger partial charge in [0.05, 0.1) is 4.90 Å². The van der Waals surface area contributed by atoms with Crippen LogP contribution in [0.3, 0.4) is 0 Å². The van der Waals surface area contributed by atoms with Gasteiger partial charge in [-0.3, -0.25) is 4.79 Å². The summed E-state index contributed by atoms with van der Waals surface area (Å²) >= 11 is 0. The number of carbonyl (C=O) groups is 1. The van der Waals surface area contributed by atoms with Crippen molar-refractivity contribution in [3.8, 4) is 0 Å². The van der Waals surface area contributed by atoms with Gasteiger partial charge in [-0.25, -0.2) is 13.1 Å². The monoisotopic (exact) mass is 311 g/mol. The minimum absolute atomic E-state index is 0.132. The fraction of sp³-hybridized carbons (Fsp3) is 0.500. The number of nitrogens with one attached hydrogen (secondary N) is 2. The predicted molar refractivity (Wildman–Crippen MR) is 81.3 cm³/mol. The molecule has 0 aromatic heterocycles. The average Bonchev–Trinajstić information content (AvgIpc) is 2.41. The smallest absolute Gasteiger partial charge is 0.240 e. The van der Waals surface area contributed by atoms with Crippen molar-refractivity contribution >= 4 is 21.6 Å². The van der Waals surface area contributed by atoms with Gasteiger partial charge in [0.25, 0.3) is 0 Å². The van der Waals surface area contributed by atoms with Crippen molar-refractivity contribution < 1.29 is 13.2 Å². The van der Waals surface area contributed by atoms with Crippen molar-refractivity contribution in [3.63, 3.8) is 0 Å². The zero-order valence-electron chi connectivity index (χ0n) is 12.0. The Kier molecular flexibility index (Phi) is 4.97. The maximum atomic E-state index is 12.3. The molecular weight excluding hydrogens is 290 g/mol. The molecule has 1 fully saturated rings. The van der Waals surface area contributed by atoms with Crippen molar-refractivity contribution in [2.24, 2.45) is 5.73 Å². The molecule has 2 atom stereocenters. The number of nitrogens with two attached hydrogens (primary N) is 1. The first-order valence-electron chi connectivity index (χ1n) is 7.04. The zero-order valence-corrected chi connectivity index (χ0v) is 12.8. The summed E-state index contributed by atoms with van der Waals surface area (Å²) in [5.74, 6) is -0.197. The maximum absolute atomic E-state index is 12.3. The van der Waals surface area contributed by atoms with E-state index in [0.29, 0.717) is 5.69 Å². The highest BCUT2D eigenvalue weighted by atomic mass is 32.2. The van der Waals surface area contributed by atoms with Crippen LogP contribution in [-0.4, -0.2) is 26.4 Å². The normalized spacial score (nSPS) is 22.8. The summed E-state index contributed by atoms with van der Waals surface area (Å²) in [4.78, 5) is 11.1. The highest BCUT2D eigenvalue weighted by molar-refractivity contribution is 7.89. The van der Waals surface area contributed by atoms with Gasteiger partial charge in [-0.15, -0.1) is 0 Å². The molecule has 0 saturated heterocycles. The molecule has 6 nitrogen and oxygen atoms in total. The Bertz CT molecular complexity index is 598. The van der Waals surface area contributed by atoms with E-state index in [1.54, 1.807) is 12.1 Å². The maximum Gasteiger partial charge on any atom is 0.240 e. The number of amides is 1. The quantitative estimate of drug-likeness (QED) is 0.777. The summed E-state index contributed by atoms with van der Waals surface area (Å²) in [6, 6.07) is 5.74. The van der Waals surface area contributed by atoms with Crippen LogP contribution < -0.4 is 15.8 Å². The van der Waals surface area contributed by atoms with Gasteiger partial charge in [0.15, 0.2) is 0 Å². The molecule has 0 spiro atoms. The number of benzene rings is 1. The minimum atomic E-state index is -3.58. The lowest BCUT2D eigenvalue weighted by molar-refractivity contribution is -0.114. The number of hydrogen-bond donors (Lipinski definition) is 3. The van der Waals surface area contributed by atoms with Crippen LogP contribution in [0.25, 0.3) is 0 Å². The van der Waals surface area contributed by atoms with Crippen LogP contribution in [-0.2, 0) is 14.8 Å². The first kappa shape index (κ1) is 15.9. The van der Waals surface area contributed by atoms with Gasteiger partial charge in [-0.05, 0) is 37.1 Å². The number of carbonyl (C=O) groups excluding carboxylic acids is 1. The summed E-state index contributed by atoms with van der Waals surface area (Å²) in [6.07, 6.45) is 3.65. The van der Waals surface area contributed by atoms with Gasteiger partial charge in [0.2, 0.25) is 15.9 Å². The molecule has 1 aromatic rings. The molecular formula is C14H21N3O3S. The Balaban J connectivity index is 2.10. The predicted octanol–water partition coefficient (Wildman–Crippen LogP) is 1.19. The summed E-state index contributed by atoms with van der Waals surface area (Å²) in [6.45, 7) is 1.40. The lowest BCUT2D eigenvalue weighted by atomic mass is 9.92. The van der Waals surface area contributed by atoms with Crippen molar-refractivity contribution in [1.29, 1.82) is 0 Å². The second-order valence-electron chi connectivity index (χ2n) is 5.38. The first-order valence-corrected chi connectivity index (χ1v) is 8.52. The van der Waals surface area contributed by atoms with E-state index < -0.39 is 10.0 Å². The molecule has 0 radical (unpaired) electrons. The molecule has 2 unspecified atom stereocenters. The van der Waals surface area contributed by atoms with E-state index in [-0.39, 0.29) is 22.9 Å². The third-order valence-corrected chi connectivity index (χ3v) is 5.12. The Morgan fingerprint density at radius 3 is 2.38 bits per heavy atom. The Morgan fingerprint density at radius 2 is 1.81 bits per heavy atom. The van der Waals surface area contributed by atoms with Crippen LogP contribution >= 0.6 is 0 Å². The highest BCUT2D eigenvalue weighted by Gasteiger charge is 2.27. The van der Waals surface area contributed by atoms with Crippen LogP contribution in [0.2, 0.25) is 0 Å². The van der Waals surface area contributed by atoms with E-state index in [1.807, 2.05) is 0 Å². The summed E-state index contributed by atoms with van der Waals surface area (Å²) in [5.41, 5.74) is 6.53. The lowest BCUT2D eigenvalue weighted by Crippen LogP contribution is -2.49. The van der Waals surface area contributed by atoms with E-state index in [2.05, 4.69) is 10.0 Å². The van der Waals surface area contributed by atoms with Crippen molar-refractivity contribution in [1.82, 2.24) is 4.72 Å². The number of anilines is 1. The first-order chi connectivity index (χ1) is 9.88. The Hall–Kier alpha value is -1.44. The van der Waals surface area contributed by atoms with E-state index in [0.717, 1.165) is 25.7 Å². The molecule has 1 aliphatic carbocycles. The summed E-state index contributed by atoms with van der Waals surface area (Å²) in [5, 5.41) is 2.60. The molecule has 116 valence electrons. The summed E-state index contributed by atoms with van der Waals surface area (Å²) < 4.78 is 27.3. The second kappa shape index (κ2) is 6.55. The van der Waals surface area contributed by atoms with Crippen molar-refractivity contribution in [2.45, 2.75) is 49.6 Å². The zero-order chi connectivity index (χ0) is 15.5. The standard InChI is InChI=1S/C14H21N3O3S/c1-10(18)16-11-6-8-12(9-7-11)21(19,20)17-14-5-3-2-4-13(14)15/h6-9,13-14,17H,2-5,15H2,1H3,(H,16,18). The van der Waals surface area contributed by atoms with E-state index in [9.17, 15) is 13.2 Å². The molecule has 1 saturated carbocycles. The van der Waals surface area contributed by atoms with Crippen LogP contribution in [0.5, 0.6) is 0 Å². The highest BCUT2D eigenvalue weighted by Crippen LogP contribution is 2.20. The Morgan fingerprint density at radius 1 is 1.19 bits per heavy atom. The molecule has 21 heavy (non-hydrogen) atoms. The van der Waals surface area contributed by atoms with Gasteiger partial charge < -0.3 is 11.1 Å². The topological polar surface area (TPSA) is 101 Å². The third-order valence-electron chi connectivity index (χ3n) is 3.61. The number of rotatable bonds is 4. The van der Waals surface area contributed by atoms with Crippen LogP contribution in [0.4, 0.5) is 5.69 Å². The molecule has 7 heteroatoms. The molecule has 1 amide bonds. The van der Waals surface area contributed by atoms with E-state index in [4.69, 9.17) is 5.73 Å². The molecule has 0 aliphatic heterocycles. The van der Waals surface area contributed by atoms with Crippen molar-refractivity contribution in [2.75, 3.05) is 5.32 Å². The fourth-order valence-electron chi connectivity index (χ4n) is 2.49. The molecule has 2 rings (SSSR count). The molecule has 4 N–H and O–H groups in total. The Labute approximate surface area is 125 Å². The SMILES string of the molecule is CC(=O)Nc1ccc(S(=O)(=O)NC2CCCCC2N)cc1. The fourth-order valence-corrected chi connectivity index (χ4v) is 3.82.